The van der Waals surface area contributed by atoms with Gasteiger partial charge in [0.1, 0.15) is 0 Å². The van der Waals surface area contributed by atoms with Crippen molar-refractivity contribution in [2.24, 2.45) is 4.99 Å². The fraction of sp³-hybridized carbons (Fsp3) is 0.150. The van der Waals surface area contributed by atoms with Gasteiger partial charge in [0, 0.05) is 33.9 Å². The number of halogens is 2. The molecule has 0 saturated carbocycles. The number of hydrogen-bond acceptors (Lipinski definition) is 1. The van der Waals surface area contributed by atoms with Crippen LogP contribution >= 0.6 is 23.2 Å². The van der Waals surface area contributed by atoms with E-state index >= 15 is 0 Å². The minimum Gasteiger partial charge on any atom is -0.318 e. The summed E-state index contributed by atoms with van der Waals surface area (Å²) in [6.45, 7) is 6.30. The first-order valence-corrected chi connectivity index (χ1v) is 8.46. The molecule has 1 heterocycles. The third kappa shape index (κ3) is 3.40. The summed E-state index contributed by atoms with van der Waals surface area (Å²) in [6, 6.07) is 15.9. The van der Waals surface area contributed by atoms with Crippen molar-refractivity contribution in [1.29, 1.82) is 0 Å². The summed E-state index contributed by atoms with van der Waals surface area (Å²) in [5, 5.41) is 1.16. The topological polar surface area (TPSA) is 17.3 Å². The lowest BCUT2D eigenvalue weighted by atomic mass is 10.2. The van der Waals surface area contributed by atoms with Gasteiger partial charge in [0.2, 0.25) is 0 Å². The Morgan fingerprint density at radius 1 is 0.958 bits per heavy atom. The molecule has 0 spiro atoms. The van der Waals surface area contributed by atoms with Crippen molar-refractivity contribution in [1.82, 2.24) is 4.57 Å². The Labute approximate surface area is 152 Å². The second-order valence-corrected chi connectivity index (χ2v) is 6.70. The first kappa shape index (κ1) is 16.8. The molecule has 0 amide bonds. The lowest BCUT2D eigenvalue weighted by Gasteiger charge is -2.10. The van der Waals surface area contributed by atoms with Gasteiger partial charge in [-0.2, -0.15) is 0 Å². The van der Waals surface area contributed by atoms with E-state index in [4.69, 9.17) is 23.2 Å². The van der Waals surface area contributed by atoms with Crippen LogP contribution in [0.4, 0.5) is 5.69 Å². The Morgan fingerprint density at radius 2 is 1.75 bits per heavy atom. The summed E-state index contributed by atoms with van der Waals surface area (Å²) >= 11 is 12.1. The summed E-state index contributed by atoms with van der Waals surface area (Å²) in [4.78, 5) is 4.51. The molecule has 0 aliphatic carbocycles. The van der Waals surface area contributed by atoms with E-state index in [9.17, 15) is 0 Å². The number of aryl methyl sites for hydroxylation is 2. The fourth-order valence-electron chi connectivity index (χ4n) is 2.81. The second kappa shape index (κ2) is 6.84. The minimum absolute atomic E-state index is 0.547. The maximum Gasteiger partial charge on any atom is 0.0817 e. The van der Waals surface area contributed by atoms with Crippen molar-refractivity contribution in [3.8, 4) is 5.69 Å². The van der Waals surface area contributed by atoms with E-state index in [1.54, 1.807) is 12.1 Å². The normalized spacial score (nSPS) is 11.4. The van der Waals surface area contributed by atoms with Gasteiger partial charge in [-0.1, -0.05) is 35.3 Å². The van der Waals surface area contributed by atoms with Gasteiger partial charge in [0.15, 0.2) is 0 Å². The molecule has 0 aliphatic rings. The van der Waals surface area contributed by atoms with Gasteiger partial charge in [-0.25, -0.2) is 0 Å². The van der Waals surface area contributed by atoms with Crippen molar-refractivity contribution < 1.29 is 0 Å². The zero-order valence-electron chi connectivity index (χ0n) is 13.8. The van der Waals surface area contributed by atoms with Crippen molar-refractivity contribution in [2.45, 2.75) is 20.8 Å². The largest absolute Gasteiger partial charge is 0.318 e. The summed E-state index contributed by atoms with van der Waals surface area (Å²) < 4.78 is 2.23. The van der Waals surface area contributed by atoms with Gasteiger partial charge in [-0.05, 0) is 62.7 Å². The second-order valence-electron chi connectivity index (χ2n) is 5.85. The summed E-state index contributed by atoms with van der Waals surface area (Å²) in [7, 11) is 0. The van der Waals surface area contributed by atoms with Gasteiger partial charge >= 0.3 is 0 Å². The average molecular weight is 357 g/mol. The zero-order chi connectivity index (χ0) is 17.3. The molecule has 2 aromatic carbocycles. The predicted octanol–water partition coefficient (Wildman–Crippen LogP) is 6.46. The Morgan fingerprint density at radius 3 is 2.46 bits per heavy atom. The highest BCUT2D eigenvalue weighted by Crippen LogP contribution is 2.28. The molecular weight excluding hydrogens is 339 g/mol. The summed E-state index contributed by atoms with van der Waals surface area (Å²) in [5.41, 5.74) is 6.49. The number of rotatable bonds is 3. The molecule has 4 heteroatoms. The highest BCUT2D eigenvalue weighted by Gasteiger charge is 2.09. The zero-order valence-corrected chi connectivity index (χ0v) is 15.4. The molecule has 0 radical (unpaired) electrons. The van der Waals surface area contributed by atoms with E-state index < -0.39 is 0 Å². The van der Waals surface area contributed by atoms with Crippen LogP contribution < -0.4 is 0 Å². The van der Waals surface area contributed by atoms with Crippen LogP contribution in [0.2, 0.25) is 10.0 Å². The average Bonchev–Trinajstić information content (AvgIpc) is 2.80. The van der Waals surface area contributed by atoms with Crippen molar-refractivity contribution >= 4 is 35.1 Å². The van der Waals surface area contributed by atoms with Crippen LogP contribution in [0.5, 0.6) is 0 Å². The third-order valence-electron chi connectivity index (χ3n) is 3.98. The monoisotopic (exact) mass is 356 g/mol. The quantitative estimate of drug-likeness (QED) is 0.479. The number of hydrogen-bond donors (Lipinski definition) is 0. The van der Waals surface area contributed by atoms with Gasteiger partial charge in [0.25, 0.3) is 0 Å². The molecule has 0 atom stereocenters. The minimum atomic E-state index is 0.547. The van der Waals surface area contributed by atoms with Gasteiger partial charge in [-0.3, -0.25) is 4.99 Å². The van der Waals surface area contributed by atoms with Crippen molar-refractivity contribution in [2.75, 3.05) is 0 Å². The van der Waals surface area contributed by atoms with E-state index in [0.717, 1.165) is 16.9 Å². The van der Waals surface area contributed by atoms with Gasteiger partial charge in [0.05, 0.1) is 10.7 Å². The van der Waals surface area contributed by atoms with Crippen molar-refractivity contribution in [3.05, 3.63) is 81.1 Å². The molecule has 0 unspecified atom stereocenters. The highest BCUT2D eigenvalue weighted by molar-refractivity contribution is 6.36. The van der Waals surface area contributed by atoms with Crippen LogP contribution in [0.15, 0.2) is 53.5 Å². The fourth-order valence-corrected chi connectivity index (χ4v) is 3.27. The van der Waals surface area contributed by atoms with Gasteiger partial charge < -0.3 is 4.57 Å². The van der Waals surface area contributed by atoms with Crippen LogP contribution in [-0.4, -0.2) is 10.8 Å². The molecule has 0 N–H and O–H groups in total. The highest BCUT2D eigenvalue weighted by atomic mass is 35.5. The van der Waals surface area contributed by atoms with Crippen LogP contribution in [0.3, 0.4) is 0 Å². The molecule has 122 valence electrons. The van der Waals surface area contributed by atoms with E-state index in [1.165, 1.54) is 11.3 Å². The maximum absolute atomic E-state index is 6.18. The molecule has 0 saturated heterocycles. The lowest BCUT2D eigenvalue weighted by molar-refractivity contribution is 0.963. The van der Waals surface area contributed by atoms with E-state index in [2.05, 4.69) is 60.7 Å². The van der Waals surface area contributed by atoms with Crippen LogP contribution in [0, 0.1) is 20.8 Å². The van der Waals surface area contributed by atoms with Crippen molar-refractivity contribution in [3.63, 3.8) is 0 Å². The molecular formula is C20H18Cl2N2. The third-order valence-corrected chi connectivity index (χ3v) is 4.52. The lowest BCUT2D eigenvalue weighted by Crippen LogP contribution is -1.99. The number of aliphatic imine (C=N–C) groups is 1. The number of benzene rings is 2. The van der Waals surface area contributed by atoms with Gasteiger partial charge in [-0.15, -0.1) is 0 Å². The summed E-state index contributed by atoms with van der Waals surface area (Å²) in [6.07, 6.45) is 1.85. The van der Waals surface area contributed by atoms with E-state index in [1.807, 2.05) is 12.3 Å². The molecule has 2 nitrogen and oxygen atoms in total. The van der Waals surface area contributed by atoms with Crippen LogP contribution in [0.1, 0.15) is 22.5 Å². The summed E-state index contributed by atoms with van der Waals surface area (Å²) in [5.74, 6) is 0. The Bertz CT molecular complexity index is 923. The number of aromatic nitrogens is 1. The van der Waals surface area contributed by atoms with E-state index in [0.29, 0.717) is 15.7 Å². The molecule has 0 aliphatic heterocycles. The first-order valence-electron chi connectivity index (χ1n) is 7.71. The SMILES string of the molecule is Cc1cccc(-n2c(C)cc(C=Nc3ccc(Cl)cc3Cl)c2C)c1. The predicted molar refractivity (Wildman–Crippen MR) is 104 cm³/mol. The molecule has 0 bridgehead atoms. The Balaban J connectivity index is 1.98. The smallest absolute Gasteiger partial charge is 0.0817 e. The first-order chi connectivity index (χ1) is 11.5. The molecule has 0 fully saturated rings. The standard InChI is InChI=1S/C20H18Cl2N2/c1-13-5-4-6-18(9-13)24-14(2)10-16(15(24)3)12-23-20-8-7-17(21)11-19(20)22/h4-12H,1-3H3. The Hall–Kier alpha value is -2.03. The molecule has 24 heavy (non-hydrogen) atoms. The molecule has 3 rings (SSSR count). The van der Waals surface area contributed by atoms with Crippen LogP contribution in [0.25, 0.3) is 5.69 Å². The molecule has 1 aromatic heterocycles. The van der Waals surface area contributed by atoms with Crippen LogP contribution in [-0.2, 0) is 0 Å². The molecule has 3 aromatic rings. The number of nitrogens with zero attached hydrogens (tertiary/aromatic N) is 2. The van der Waals surface area contributed by atoms with E-state index in [-0.39, 0.29) is 0 Å². The Kier molecular flexibility index (Phi) is 4.79. The maximum atomic E-state index is 6.18.